The summed E-state index contributed by atoms with van der Waals surface area (Å²) < 4.78 is 10.2. The molecule has 1 heterocycles. The van der Waals surface area contributed by atoms with E-state index in [-0.39, 0.29) is 0 Å². The first-order valence-corrected chi connectivity index (χ1v) is 6.83. The van der Waals surface area contributed by atoms with Crippen LogP contribution in [-0.4, -0.2) is 43.0 Å². The Morgan fingerprint density at radius 1 is 1.44 bits per heavy atom. The number of carboxylic acid groups (broad SMARTS) is 1. The lowest BCUT2D eigenvalue weighted by atomic mass is 10.2. The molecule has 0 saturated heterocycles. The Morgan fingerprint density at radius 2 is 2.22 bits per heavy atom. The van der Waals surface area contributed by atoms with Gasteiger partial charge in [-0.05, 0) is 12.8 Å². The number of rotatable bonds is 8. The van der Waals surface area contributed by atoms with E-state index in [1.54, 1.807) is 7.11 Å². The number of nitrogens with zero attached hydrogens (tertiary/aromatic N) is 1. The van der Waals surface area contributed by atoms with Crippen molar-refractivity contribution in [1.82, 2.24) is 4.98 Å². The summed E-state index contributed by atoms with van der Waals surface area (Å²) >= 11 is 1.28. The third-order valence-corrected chi connectivity index (χ3v) is 3.87. The van der Waals surface area contributed by atoms with E-state index in [1.807, 2.05) is 0 Å². The van der Waals surface area contributed by atoms with Crippen LogP contribution in [0.5, 0.6) is 0 Å². The maximum Gasteiger partial charge on any atom is 0.347 e. The van der Waals surface area contributed by atoms with Gasteiger partial charge in [-0.2, -0.15) is 0 Å². The quantitative estimate of drug-likeness (QED) is 0.732. The summed E-state index contributed by atoms with van der Waals surface area (Å²) in [6.45, 7) is 1.69. The van der Waals surface area contributed by atoms with Crippen LogP contribution in [0.1, 0.15) is 39.1 Å². The maximum atomic E-state index is 11.1. The SMILES string of the molecule is COCCOCCc1nc(C2CC2)c(C(=O)O)s1. The van der Waals surface area contributed by atoms with Gasteiger partial charge in [0.15, 0.2) is 0 Å². The summed E-state index contributed by atoms with van der Waals surface area (Å²) in [5.41, 5.74) is 0.777. The van der Waals surface area contributed by atoms with Crippen molar-refractivity contribution >= 4 is 17.3 Å². The van der Waals surface area contributed by atoms with Gasteiger partial charge in [-0.1, -0.05) is 0 Å². The Hall–Kier alpha value is -0.980. The average Bonchev–Trinajstić information content (AvgIpc) is 3.10. The average molecular weight is 271 g/mol. The molecule has 18 heavy (non-hydrogen) atoms. The van der Waals surface area contributed by atoms with Gasteiger partial charge >= 0.3 is 5.97 Å². The molecule has 1 aliphatic carbocycles. The van der Waals surface area contributed by atoms with Gasteiger partial charge in [0.1, 0.15) is 4.88 Å². The first kappa shape index (κ1) is 13.5. The van der Waals surface area contributed by atoms with Crippen molar-refractivity contribution in [2.24, 2.45) is 0 Å². The number of hydrogen-bond donors (Lipinski definition) is 1. The Balaban J connectivity index is 1.88. The van der Waals surface area contributed by atoms with Crippen molar-refractivity contribution in [3.05, 3.63) is 15.6 Å². The lowest BCUT2D eigenvalue weighted by molar-refractivity contribution is 0.0700. The first-order valence-electron chi connectivity index (χ1n) is 6.02. The smallest absolute Gasteiger partial charge is 0.347 e. The normalized spacial score (nSPS) is 14.9. The third kappa shape index (κ3) is 3.51. The molecule has 1 aliphatic rings. The number of thiazole rings is 1. The second-order valence-corrected chi connectivity index (χ2v) is 5.34. The number of carbonyl (C=O) groups is 1. The van der Waals surface area contributed by atoms with Crippen LogP contribution in [0.3, 0.4) is 0 Å². The molecular formula is C12H17NO4S. The highest BCUT2D eigenvalue weighted by Gasteiger charge is 2.31. The number of methoxy groups -OCH3 is 1. The van der Waals surface area contributed by atoms with E-state index in [0.717, 1.165) is 23.5 Å². The summed E-state index contributed by atoms with van der Waals surface area (Å²) in [6.07, 6.45) is 2.79. The molecule has 0 radical (unpaired) electrons. The lowest BCUT2D eigenvalue weighted by Crippen LogP contribution is -2.04. The van der Waals surface area contributed by atoms with Crippen molar-refractivity contribution in [2.45, 2.75) is 25.2 Å². The van der Waals surface area contributed by atoms with Crippen molar-refractivity contribution in [1.29, 1.82) is 0 Å². The van der Waals surface area contributed by atoms with Gasteiger partial charge in [0, 0.05) is 19.4 Å². The van der Waals surface area contributed by atoms with Gasteiger partial charge in [0.05, 0.1) is 30.5 Å². The van der Waals surface area contributed by atoms with Crippen molar-refractivity contribution < 1.29 is 19.4 Å². The predicted molar refractivity (Wildman–Crippen MR) is 67.4 cm³/mol. The zero-order chi connectivity index (χ0) is 13.0. The monoisotopic (exact) mass is 271 g/mol. The van der Waals surface area contributed by atoms with E-state index in [4.69, 9.17) is 14.6 Å². The fourth-order valence-corrected chi connectivity index (χ4v) is 2.64. The van der Waals surface area contributed by atoms with Gasteiger partial charge in [0.2, 0.25) is 0 Å². The van der Waals surface area contributed by atoms with Gasteiger partial charge in [-0.15, -0.1) is 11.3 Å². The van der Waals surface area contributed by atoms with E-state index >= 15 is 0 Å². The summed E-state index contributed by atoms with van der Waals surface area (Å²) in [7, 11) is 1.63. The highest BCUT2D eigenvalue weighted by atomic mass is 32.1. The molecule has 2 rings (SSSR count). The molecule has 5 nitrogen and oxygen atoms in total. The molecule has 0 spiro atoms. The zero-order valence-corrected chi connectivity index (χ0v) is 11.2. The minimum atomic E-state index is -0.860. The van der Waals surface area contributed by atoms with Crippen LogP contribution in [0.15, 0.2) is 0 Å². The highest BCUT2D eigenvalue weighted by molar-refractivity contribution is 7.13. The lowest BCUT2D eigenvalue weighted by Gasteiger charge is -2.00. The molecule has 1 fully saturated rings. The molecule has 0 bridgehead atoms. The number of aromatic carboxylic acids is 1. The Labute approximate surface area is 110 Å². The van der Waals surface area contributed by atoms with Crippen molar-refractivity contribution in [3.63, 3.8) is 0 Å². The standard InChI is InChI=1S/C12H17NO4S/c1-16-6-7-17-5-4-9-13-10(8-2-3-8)11(18-9)12(14)15/h8H,2-7H2,1H3,(H,14,15). The molecule has 6 heteroatoms. The van der Waals surface area contributed by atoms with Gasteiger partial charge in [0.25, 0.3) is 0 Å². The molecule has 100 valence electrons. The van der Waals surface area contributed by atoms with Gasteiger partial charge in [-0.25, -0.2) is 9.78 Å². The fraction of sp³-hybridized carbons (Fsp3) is 0.667. The maximum absolute atomic E-state index is 11.1. The van der Waals surface area contributed by atoms with Crippen molar-refractivity contribution in [3.8, 4) is 0 Å². The van der Waals surface area contributed by atoms with E-state index in [1.165, 1.54) is 11.3 Å². The van der Waals surface area contributed by atoms with E-state index in [2.05, 4.69) is 4.98 Å². The molecule has 1 N–H and O–H groups in total. The number of carboxylic acids is 1. The highest BCUT2D eigenvalue weighted by Crippen LogP contribution is 2.42. The fourth-order valence-electron chi connectivity index (χ4n) is 1.68. The molecule has 0 unspecified atom stereocenters. The van der Waals surface area contributed by atoms with Gasteiger partial charge < -0.3 is 14.6 Å². The van der Waals surface area contributed by atoms with Crippen LogP contribution in [0.4, 0.5) is 0 Å². The summed E-state index contributed by atoms with van der Waals surface area (Å²) in [5, 5.41) is 9.97. The van der Waals surface area contributed by atoms with Crippen molar-refractivity contribution in [2.75, 3.05) is 26.9 Å². The van der Waals surface area contributed by atoms with Crippen LogP contribution in [0, 0.1) is 0 Å². The molecule has 1 aromatic rings. The second kappa shape index (κ2) is 6.26. The van der Waals surface area contributed by atoms with Gasteiger partial charge in [-0.3, -0.25) is 0 Å². The van der Waals surface area contributed by atoms with Crippen LogP contribution in [-0.2, 0) is 15.9 Å². The summed E-state index contributed by atoms with van der Waals surface area (Å²) in [6, 6.07) is 0. The molecule has 0 aliphatic heterocycles. The zero-order valence-electron chi connectivity index (χ0n) is 10.3. The number of aromatic nitrogens is 1. The van der Waals surface area contributed by atoms with E-state index in [9.17, 15) is 4.79 Å². The van der Waals surface area contributed by atoms with Crippen LogP contribution < -0.4 is 0 Å². The Morgan fingerprint density at radius 3 is 2.83 bits per heavy atom. The Kier molecular flexibility index (Phi) is 4.68. The number of ether oxygens (including phenoxy) is 2. The molecule has 0 amide bonds. The Bertz CT molecular complexity index is 414. The minimum absolute atomic E-state index is 0.371. The molecule has 1 aromatic heterocycles. The molecule has 1 saturated carbocycles. The summed E-state index contributed by atoms with van der Waals surface area (Å²) in [4.78, 5) is 15.9. The van der Waals surface area contributed by atoms with Crippen LogP contribution in [0.25, 0.3) is 0 Å². The second-order valence-electron chi connectivity index (χ2n) is 4.26. The predicted octanol–water partition coefficient (Wildman–Crippen LogP) is 1.92. The molecule has 0 aromatic carbocycles. The van der Waals surface area contributed by atoms with E-state index in [0.29, 0.717) is 37.0 Å². The summed E-state index contributed by atoms with van der Waals surface area (Å²) in [5.74, 6) is -0.489. The van der Waals surface area contributed by atoms with E-state index < -0.39 is 5.97 Å². The van der Waals surface area contributed by atoms with Crippen LogP contribution in [0.2, 0.25) is 0 Å². The number of hydrogen-bond acceptors (Lipinski definition) is 5. The molecular weight excluding hydrogens is 254 g/mol. The topological polar surface area (TPSA) is 68.7 Å². The first-order chi connectivity index (χ1) is 8.72. The molecule has 0 atom stereocenters. The third-order valence-electron chi connectivity index (χ3n) is 2.75. The largest absolute Gasteiger partial charge is 0.477 e. The minimum Gasteiger partial charge on any atom is -0.477 e. The van der Waals surface area contributed by atoms with Crippen LogP contribution >= 0.6 is 11.3 Å².